The van der Waals surface area contributed by atoms with Crippen molar-refractivity contribution in [3.8, 4) is 11.1 Å². The molecule has 2 aromatic heterocycles. The normalized spacial score (nSPS) is 12.0. The average Bonchev–Trinajstić information content (AvgIpc) is 3.25. The van der Waals surface area contributed by atoms with Crippen molar-refractivity contribution in [1.82, 2.24) is 5.32 Å². The van der Waals surface area contributed by atoms with E-state index >= 15 is 0 Å². The summed E-state index contributed by atoms with van der Waals surface area (Å²) in [5.41, 5.74) is 3.03. The summed E-state index contributed by atoms with van der Waals surface area (Å²) in [6, 6.07) is 13.0. The first-order valence-electron chi connectivity index (χ1n) is 6.86. The van der Waals surface area contributed by atoms with Crippen LogP contribution in [-0.2, 0) is 0 Å². The fourth-order valence-corrected chi connectivity index (χ4v) is 2.79. The Kier molecular flexibility index (Phi) is 4.37. The molecule has 0 radical (unpaired) electrons. The van der Waals surface area contributed by atoms with Crippen molar-refractivity contribution in [2.45, 2.75) is 6.10 Å². The number of furan rings is 1. The SMILES string of the molecule is O=C(NC[C@@H](O)c1ccc(-c2ccsc2)cc1)c1ccco1. The van der Waals surface area contributed by atoms with Gasteiger partial charge in [0.25, 0.3) is 5.91 Å². The molecule has 1 atom stereocenters. The van der Waals surface area contributed by atoms with E-state index in [2.05, 4.69) is 16.8 Å². The molecule has 0 spiro atoms. The van der Waals surface area contributed by atoms with Gasteiger partial charge in [0.2, 0.25) is 0 Å². The summed E-state index contributed by atoms with van der Waals surface area (Å²) in [5, 5.41) is 16.9. The van der Waals surface area contributed by atoms with Crippen molar-refractivity contribution in [2.75, 3.05) is 6.54 Å². The summed E-state index contributed by atoms with van der Waals surface area (Å²) in [4.78, 5) is 11.7. The molecule has 2 heterocycles. The number of rotatable bonds is 5. The molecule has 112 valence electrons. The predicted molar refractivity (Wildman–Crippen MR) is 85.8 cm³/mol. The zero-order valence-electron chi connectivity index (χ0n) is 11.7. The maximum Gasteiger partial charge on any atom is 0.287 e. The van der Waals surface area contributed by atoms with E-state index in [1.807, 2.05) is 29.6 Å². The van der Waals surface area contributed by atoms with Gasteiger partial charge in [-0.3, -0.25) is 4.79 Å². The Hall–Kier alpha value is -2.37. The van der Waals surface area contributed by atoms with E-state index < -0.39 is 6.10 Å². The van der Waals surface area contributed by atoms with E-state index in [9.17, 15) is 9.90 Å². The van der Waals surface area contributed by atoms with Gasteiger partial charge in [0, 0.05) is 6.54 Å². The number of carbonyl (C=O) groups is 1. The van der Waals surface area contributed by atoms with Crippen LogP contribution in [0.25, 0.3) is 11.1 Å². The summed E-state index contributed by atoms with van der Waals surface area (Å²) in [7, 11) is 0. The van der Waals surface area contributed by atoms with Crippen LogP contribution in [0, 0.1) is 0 Å². The molecule has 3 aromatic rings. The quantitative estimate of drug-likeness (QED) is 0.758. The maximum absolute atomic E-state index is 11.7. The lowest BCUT2D eigenvalue weighted by molar-refractivity contribution is 0.0889. The van der Waals surface area contributed by atoms with Gasteiger partial charge in [-0.2, -0.15) is 11.3 Å². The first-order chi connectivity index (χ1) is 10.7. The van der Waals surface area contributed by atoms with Crippen LogP contribution in [0.5, 0.6) is 0 Å². The molecule has 3 rings (SSSR count). The maximum atomic E-state index is 11.7. The van der Waals surface area contributed by atoms with Crippen molar-refractivity contribution >= 4 is 17.2 Å². The van der Waals surface area contributed by atoms with Gasteiger partial charge in [0.1, 0.15) is 0 Å². The summed E-state index contributed by atoms with van der Waals surface area (Å²) in [5.74, 6) is -0.0982. The van der Waals surface area contributed by atoms with Crippen LogP contribution in [0.15, 0.2) is 63.9 Å². The van der Waals surface area contributed by atoms with Gasteiger partial charge >= 0.3 is 0 Å². The van der Waals surface area contributed by atoms with Gasteiger partial charge in [-0.15, -0.1) is 0 Å². The second kappa shape index (κ2) is 6.60. The van der Waals surface area contributed by atoms with Crippen LogP contribution in [-0.4, -0.2) is 17.6 Å². The Morgan fingerprint density at radius 2 is 2.00 bits per heavy atom. The lowest BCUT2D eigenvalue weighted by Gasteiger charge is -2.12. The molecule has 0 unspecified atom stereocenters. The molecule has 0 aliphatic heterocycles. The molecule has 0 aliphatic carbocycles. The molecular weight excluding hydrogens is 298 g/mol. The van der Waals surface area contributed by atoms with Gasteiger partial charge in [-0.25, -0.2) is 0 Å². The molecule has 0 saturated carbocycles. The average molecular weight is 313 g/mol. The van der Waals surface area contributed by atoms with Crippen molar-refractivity contribution in [3.05, 3.63) is 70.8 Å². The van der Waals surface area contributed by atoms with Crippen LogP contribution in [0.1, 0.15) is 22.2 Å². The third-order valence-corrected chi connectivity index (χ3v) is 4.03. The van der Waals surface area contributed by atoms with E-state index in [0.717, 1.165) is 16.7 Å². The minimum atomic E-state index is -0.754. The van der Waals surface area contributed by atoms with Crippen LogP contribution in [0.2, 0.25) is 0 Å². The van der Waals surface area contributed by atoms with E-state index in [1.54, 1.807) is 23.5 Å². The minimum absolute atomic E-state index is 0.136. The van der Waals surface area contributed by atoms with Crippen LogP contribution in [0.4, 0.5) is 0 Å². The molecule has 0 bridgehead atoms. The summed E-state index contributed by atoms with van der Waals surface area (Å²) in [6.45, 7) is 0.136. The molecule has 4 nitrogen and oxygen atoms in total. The van der Waals surface area contributed by atoms with Crippen molar-refractivity contribution in [2.24, 2.45) is 0 Å². The number of aliphatic hydroxyl groups is 1. The molecular formula is C17H15NO3S. The van der Waals surface area contributed by atoms with Gasteiger partial charge in [-0.05, 0) is 45.6 Å². The Morgan fingerprint density at radius 1 is 1.18 bits per heavy atom. The number of aliphatic hydroxyl groups excluding tert-OH is 1. The molecule has 0 saturated heterocycles. The third kappa shape index (κ3) is 3.27. The third-order valence-electron chi connectivity index (χ3n) is 3.35. The van der Waals surface area contributed by atoms with E-state index in [0.29, 0.717) is 0 Å². The Morgan fingerprint density at radius 3 is 2.64 bits per heavy atom. The van der Waals surface area contributed by atoms with E-state index in [1.165, 1.54) is 6.26 Å². The monoisotopic (exact) mass is 313 g/mol. The fraction of sp³-hybridized carbons (Fsp3) is 0.118. The highest BCUT2D eigenvalue weighted by molar-refractivity contribution is 7.08. The van der Waals surface area contributed by atoms with E-state index in [-0.39, 0.29) is 18.2 Å². The highest BCUT2D eigenvalue weighted by Crippen LogP contribution is 2.23. The Bertz CT molecular complexity index is 718. The van der Waals surface area contributed by atoms with Crippen LogP contribution in [0.3, 0.4) is 0 Å². The first kappa shape index (κ1) is 14.6. The zero-order chi connectivity index (χ0) is 15.4. The van der Waals surface area contributed by atoms with Gasteiger partial charge in [0.15, 0.2) is 5.76 Å². The molecule has 22 heavy (non-hydrogen) atoms. The van der Waals surface area contributed by atoms with Gasteiger partial charge in [-0.1, -0.05) is 24.3 Å². The highest BCUT2D eigenvalue weighted by Gasteiger charge is 2.12. The molecule has 0 aliphatic rings. The molecule has 2 N–H and O–H groups in total. The molecule has 1 aromatic carbocycles. The first-order valence-corrected chi connectivity index (χ1v) is 7.80. The fourth-order valence-electron chi connectivity index (χ4n) is 2.13. The lowest BCUT2D eigenvalue weighted by atomic mass is 10.0. The number of nitrogens with one attached hydrogen (secondary N) is 1. The number of benzene rings is 1. The van der Waals surface area contributed by atoms with Crippen LogP contribution < -0.4 is 5.32 Å². The second-order valence-corrected chi connectivity index (χ2v) is 5.62. The summed E-state index contributed by atoms with van der Waals surface area (Å²) < 4.78 is 5.00. The van der Waals surface area contributed by atoms with Crippen LogP contribution >= 0.6 is 11.3 Å². The largest absolute Gasteiger partial charge is 0.459 e. The predicted octanol–water partition coefficient (Wildman–Crippen LogP) is 3.47. The Balaban J connectivity index is 1.60. The standard InChI is InChI=1S/C17H15NO3S/c19-15(10-18-17(20)16-2-1-8-21-16)13-5-3-12(4-6-13)14-7-9-22-11-14/h1-9,11,15,19H,10H2,(H,18,20)/t15-/m1/s1. The van der Waals surface area contributed by atoms with Crippen molar-refractivity contribution in [3.63, 3.8) is 0 Å². The van der Waals surface area contributed by atoms with E-state index in [4.69, 9.17) is 4.42 Å². The topological polar surface area (TPSA) is 62.5 Å². The summed E-state index contributed by atoms with van der Waals surface area (Å²) >= 11 is 1.65. The number of amides is 1. The minimum Gasteiger partial charge on any atom is -0.459 e. The van der Waals surface area contributed by atoms with Crippen molar-refractivity contribution < 1.29 is 14.3 Å². The Labute approximate surface area is 132 Å². The second-order valence-electron chi connectivity index (χ2n) is 4.84. The number of carbonyl (C=O) groups excluding carboxylic acids is 1. The van der Waals surface area contributed by atoms with Gasteiger partial charge < -0.3 is 14.8 Å². The van der Waals surface area contributed by atoms with Crippen molar-refractivity contribution in [1.29, 1.82) is 0 Å². The molecule has 1 amide bonds. The zero-order valence-corrected chi connectivity index (χ0v) is 12.5. The highest BCUT2D eigenvalue weighted by atomic mass is 32.1. The number of hydrogen-bond donors (Lipinski definition) is 2. The van der Waals surface area contributed by atoms with Gasteiger partial charge in [0.05, 0.1) is 12.4 Å². The molecule has 0 fully saturated rings. The smallest absolute Gasteiger partial charge is 0.287 e. The lowest BCUT2D eigenvalue weighted by Crippen LogP contribution is -2.28. The molecule has 5 heteroatoms. The number of hydrogen-bond acceptors (Lipinski definition) is 4. The summed E-state index contributed by atoms with van der Waals surface area (Å²) in [6.07, 6.45) is 0.685. The number of thiophene rings is 1.